The third-order valence-corrected chi connectivity index (χ3v) is 3.85. The van der Waals surface area contributed by atoms with E-state index in [-0.39, 0.29) is 18.2 Å². The van der Waals surface area contributed by atoms with Crippen LogP contribution < -0.4 is 5.32 Å². The molecule has 1 rings (SSSR count). The Kier molecular flexibility index (Phi) is 6.31. The Morgan fingerprint density at radius 3 is 2.58 bits per heavy atom. The smallest absolute Gasteiger partial charge is 0.303 e. The average molecular weight is 304 g/mol. The molecular formula is C13H18ClNO3S. The van der Waals surface area contributed by atoms with Gasteiger partial charge < -0.3 is 10.4 Å². The Hall–Kier alpha value is -1.07. The van der Waals surface area contributed by atoms with Gasteiger partial charge in [-0.2, -0.15) is 0 Å². The highest BCUT2D eigenvalue weighted by Gasteiger charge is 2.17. The summed E-state index contributed by atoms with van der Waals surface area (Å²) in [6.07, 6.45) is 0.849. The Balaban J connectivity index is 2.50. The van der Waals surface area contributed by atoms with Crippen molar-refractivity contribution in [1.29, 1.82) is 0 Å². The van der Waals surface area contributed by atoms with Crippen LogP contribution in [0.3, 0.4) is 0 Å². The topological polar surface area (TPSA) is 66.4 Å². The molecule has 6 heteroatoms. The first kappa shape index (κ1) is 16.0. The summed E-state index contributed by atoms with van der Waals surface area (Å²) in [5.74, 6) is -0.676. The zero-order valence-corrected chi connectivity index (χ0v) is 12.6. The first-order chi connectivity index (χ1) is 8.88. The minimum Gasteiger partial charge on any atom is -0.481 e. The van der Waals surface area contributed by atoms with Gasteiger partial charge in [-0.05, 0) is 30.4 Å². The van der Waals surface area contributed by atoms with Crippen LogP contribution >= 0.6 is 22.9 Å². The predicted molar refractivity (Wildman–Crippen MR) is 76.9 cm³/mol. The van der Waals surface area contributed by atoms with Crippen LogP contribution in [-0.4, -0.2) is 23.5 Å². The van der Waals surface area contributed by atoms with E-state index < -0.39 is 5.97 Å². The van der Waals surface area contributed by atoms with E-state index in [1.54, 1.807) is 12.1 Å². The van der Waals surface area contributed by atoms with Gasteiger partial charge in [-0.1, -0.05) is 25.4 Å². The van der Waals surface area contributed by atoms with Crippen molar-refractivity contribution in [3.05, 3.63) is 21.3 Å². The summed E-state index contributed by atoms with van der Waals surface area (Å²) < 4.78 is 0.564. The Morgan fingerprint density at radius 2 is 2.11 bits per heavy atom. The Labute approximate surface area is 121 Å². The lowest BCUT2D eigenvalue weighted by Crippen LogP contribution is -2.30. The van der Waals surface area contributed by atoms with Crippen LogP contribution in [0.25, 0.3) is 0 Å². The molecule has 0 spiro atoms. The summed E-state index contributed by atoms with van der Waals surface area (Å²) in [7, 11) is 0. The summed E-state index contributed by atoms with van der Waals surface area (Å²) in [5.41, 5.74) is 0. The first-order valence-electron chi connectivity index (χ1n) is 6.13. The van der Waals surface area contributed by atoms with E-state index in [1.165, 1.54) is 11.3 Å². The summed E-state index contributed by atoms with van der Waals surface area (Å²) in [6, 6.07) is 3.33. The van der Waals surface area contributed by atoms with Gasteiger partial charge in [0.2, 0.25) is 0 Å². The van der Waals surface area contributed by atoms with Crippen molar-refractivity contribution < 1.29 is 14.7 Å². The van der Waals surface area contributed by atoms with E-state index in [1.807, 2.05) is 13.8 Å². The van der Waals surface area contributed by atoms with Gasteiger partial charge in [-0.25, -0.2) is 0 Å². The van der Waals surface area contributed by atoms with Gasteiger partial charge in [-0.15, -0.1) is 11.3 Å². The molecule has 0 bridgehead atoms. The lowest BCUT2D eigenvalue weighted by Gasteiger charge is -2.17. The maximum atomic E-state index is 11.8. The number of nitrogens with one attached hydrogen (secondary N) is 1. The summed E-state index contributed by atoms with van der Waals surface area (Å²) >= 11 is 6.98. The van der Waals surface area contributed by atoms with Crippen LogP contribution in [0.4, 0.5) is 0 Å². The molecule has 2 N–H and O–H groups in total. The van der Waals surface area contributed by atoms with Crippen molar-refractivity contribution >= 4 is 34.8 Å². The van der Waals surface area contributed by atoms with Crippen LogP contribution in [0.2, 0.25) is 4.34 Å². The maximum Gasteiger partial charge on any atom is 0.303 e. The number of hydrogen-bond acceptors (Lipinski definition) is 3. The van der Waals surface area contributed by atoms with Gasteiger partial charge in [0.25, 0.3) is 5.91 Å². The second-order valence-electron chi connectivity index (χ2n) is 4.91. The highest BCUT2D eigenvalue weighted by atomic mass is 35.5. The number of carbonyl (C=O) groups excluding carboxylic acids is 1. The molecule has 0 unspecified atom stereocenters. The van der Waals surface area contributed by atoms with Crippen molar-refractivity contribution in [2.45, 2.75) is 26.7 Å². The van der Waals surface area contributed by atoms with Crippen LogP contribution in [0.5, 0.6) is 0 Å². The van der Waals surface area contributed by atoms with Crippen molar-refractivity contribution in [2.75, 3.05) is 6.54 Å². The number of carboxylic acid groups (broad SMARTS) is 1. The molecule has 1 heterocycles. The fourth-order valence-electron chi connectivity index (χ4n) is 1.91. The van der Waals surface area contributed by atoms with E-state index in [0.29, 0.717) is 21.7 Å². The lowest BCUT2D eigenvalue weighted by molar-refractivity contribution is -0.138. The molecule has 4 nitrogen and oxygen atoms in total. The van der Waals surface area contributed by atoms with Crippen molar-refractivity contribution in [2.24, 2.45) is 11.8 Å². The number of aliphatic carboxylic acids is 1. The highest BCUT2D eigenvalue weighted by Crippen LogP contribution is 2.21. The van der Waals surface area contributed by atoms with Gasteiger partial charge in [0.1, 0.15) is 0 Å². The number of thiophene rings is 1. The molecule has 1 aromatic rings. The average Bonchev–Trinajstić information content (AvgIpc) is 2.71. The molecule has 1 amide bonds. The van der Waals surface area contributed by atoms with E-state index in [4.69, 9.17) is 16.7 Å². The third-order valence-electron chi connectivity index (χ3n) is 2.62. The minimum atomic E-state index is -0.834. The molecule has 0 aromatic carbocycles. The standard InChI is InChI=1S/C13H18ClNO3S/c1-8(2)5-9(6-12(16)17)7-15-13(18)10-3-4-11(14)19-10/h3-4,8-9H,5-7H2,1-2H3,(H,15,18)(H,16,17)/t9-/m0/s1. The van der Waals surface area contributed by atoms with Crippen molar-refractivity contribution in [3.8, 4) is 0 Å². The Bertz CT molecular complexity index is 445. The van der Waals surface area contributed by atoms with Gasteiger partial charge >= 0.3 is 5.97 Å². The summed E-state index contributed by atoms with van der Waals surface area (Å²) in [5, 5.41) is 11.6. The zero-order chi connectivity index (χ0) is 14.4. The highest BCUT2D eigenvalue weighted by molar-refractivity contribution is 7.17. The molecule has 0 aliphatic carbocycles. The van der Waals surface area contributed by atoms with Crippen molar-refractivity contribution in [3.63, 3.8) is 0 Å². The molecular weight excluding hydrogens is 286 g/mol. The molecule has 0 aliphatic heterocycles. The van der Waals surface area contributed by atoms with Crippen LogP contribution in [-0.2, 0) is 4.79 Å². The SMILES string of the molecule is CC(C)C[C@H](CNC(=O)c1ccc(Cl)s1)CC(=O)O. The van der Waals surface area contributed by atoms with E-state index >= 15 is 0 Å². The quantitative estimate of drug-likeness (QED) is 0.812. The zero-order valence-electron chi connectivity index (χ0n) is 11.0. The fourth-order valence-corrected chi connectivity index (χ4v) is 2.87. The van der Waals surface area contributed by atoms with Crippen LogP contribution in [0.1, 0.15) is 36.4 Å². The number of amides is 1. The molecule has 106 valence electrons. The largest absolute Gasteiger partial charge is 0.481 e. The van der Waals surface area contributed by atoms with Gasteiger partial charge in [0.05, 0.1) is 9.21 Å². The molecule has 19 heavy (non-hydrogen) atoms. The summed E-state index contributed by atoms with van der Waals surface area (Å²) in [4.78, 5) is 23.2. The van der Waals surface area contributed by atoms with Gasteiger partial charge in [0, 0.05) is 13.0 Å². The molecule has 0 radical (unpaired) electrons. The monoisotopic (exact) mass is 303 g/mol. The second-order valence-corrected chi connectivity index (χ2v) is 6.62. The number of rotatable bonds is 7. The molecule has 0 saturated carbocycles. The molecule has 1 aromatic heterocycles. The normalized spacial score (nSPS) is 12.4. The lowest BCUT2D eigenvalue weighted by atomic mass is 9.94. The van der Waals surface area contributed by atoms with Gasteiger partial charge in [-0.3, -0.25) is 9.59 Å². The number of carbonyl (C=O) groups is 2. The van der Waals surface area contributed by atoms with E-state index in [9.17, 15) is 9.59 Å². The van der Waals surface area contributed by atoms with Crippen LogP contribution in [0, 0.1) is 11.8 Å². The van der Waals surface area contributed by atoms with Gasteiger partial charge in [0.15, 0.2) is 0 Å². The number of halogens is 1. The first-order valence-corrected chi connectivity index (χ1v) is 7.33. The molecule has 1 atom stereocenters. The minimum absolute atomic E-state index is 0.0446. The maximum absolute atomic E-state index is 11.8. The number of carboxylic acids is 1. The summed E-state index contributed by atoms with van der Waals surface area (Å²) in [6.45, 7) is 4.45. The predicted octanol–water partition coefficient (Wildman–Crippen LogP) is 3.27. The second kappa shape index (κ2) is 7.50. The van der Waals surface area contributed by atoms with E-state index in [0.717, 1.165) is 6.42 Å². The molecule has 0 fully saturated rings. The Morgan fingerprint density at radius 1 is 1.42 bits per heavy atom. The third kappa shape index (κ3) is 6.07. The number of hydrogen-bond donors (Lipinski definition) is 2. The van der Waals surface area contributed by atoms with Crippen molar-refractivity contribution in [1.82, 2.24) is 5.32 Å². The van der Waals surface area contributed by atoms with Crippen LogP contribution in [0.15, 0.2) is 12.1 Å². The van der Waals surface area contributed by atoms with E-state index in [2.05, 4.69) is 5.32 Å². The molecule has 0 aliphatic rings. The fraction of sp³-hybridized carbons (Fsp3) is 0.538. The molecule has 0 saturated heterocycles.